The van der Waals surface area contributed by atoms with E-state index in [0.717, 1.165) is 46.0 Å². The fourth-order valence-corrected chi connectivity index (χ4v) is 12.5. The van der Waals surface area contributed by atoms with Crippen molar-refractivity contribution >= 4 is 23.7 Å². The summed E-state index contributed by atoms with van der Waals surface area (Å²) in [6.07, 6.45) is -26.5. The molecular formula is C64H111N3O31. The summed E-state index contributed by atoms with van der Waals surface area (Å²) in [5, 5.41) is 195. The van der Waals surface area contributed by atoms with Crippen molar-refractivity contribution in [1.82, 2.24) is 16.0 Å². The summed E-state index contributed by atoms with van der Waals surface area (Å²) < 4.78 is 59.6. The van der Waals surface area contributed by atoms with Gasteiger partial charge in [-0.05, 0) is 12.8 Å². The number of allylic oxidation sites excluding steroid dienone is 3. The standard InChI is InChI=1S/C64H111N3O31/c1-5-7-9-11-12-13-14-15-16-17-18-19-20-21-23-25-43(78)67-35(36(75)24-22-10-8-6-2)32-89-60-52(85)50(83)54(41(30-71)92-60)94-62-53(86)58(98-64(63(87)88)26-37(76)44(65-33(3)73)57(97-64)46(79)38(77)27-68)55(42(31-72)93-62)95-59-45(66-34(4)74)56(48(81)40(29-70)90-59)96-61-51(84)49(82)47(80)39(28-69)91-61/h8,10,22,24,35-42,44-62,68-72,75-77,79-86H,5-7,9,11-21,23,25-32H2,1-4H3,(H,65,73)(H,66,74)(H,67,78)(H,87,88)/b10-8+,24-22-/t35-,36+,37-,38+,39+,40+,41+,42+,44+,45+,46?,47-,48-,49-,50+,51+,52+,53+,54+,55-,56+,57+,58+,59-,60+,61-,62-,64?/m0/s1. The Labute approximate surface area is 569 Å². The summed E-state index contributed by atoms with van der Waals surface area (Å²) in [6.45, 7) is -0.0469. The molecule has 0 aromatic rings. The number of carboxylic acids is 1. The molecule has 0 aromatic heterocycles. The first-order valence-corrected chi connectivity index (χ1v) is 34.3. The van der Waals surface area contributed by atoms with Crippen LogP contribution in [0.1, 0.15) is 143 Å². The summed E-state index contributed by atoms with van der Waals surface area (Å²) in [7, 11) is 0. The van der Waals surface area contributed by atoms with Gasteiger partial charge >= 0.3 is 5.97 Å². The molecule has 0 bridgehead atoms. The quantitative estimate of drug-likeness (QED) is 0.0201. The molecule has 34 heteroatoms. The Hall–Kier alpha value is -3.68. The van der Waals surface area contributed by atoms with Crippen LogP contribution in [0.15, 0.2) is 24.3 Å². The molecule has 98 heavy (non-hydrogen) atoms. The van der Waals surface area contributed by atoms with Crippen LogP contribution in [0, 0.1) is 0 Å². The lowest BCUT2D eigenvalue weighted by molar-refractivity contribution is -0.403. The van der Waals surface area contributed by atoms with Crippen LogP contribution in [0.25, 0.3) is 0 Å². The Morgan fingerprint density at radius 1 is 0.541 bits per heavy atom. The Bertz CT molecular complexity index is 2390. The lowest BCUT2D eigenvalue weighted by Crippen LogP contribution is -2.72. The molecule has 2 unspecified atom stereocenters. The number of hydrogen-bond donors (Lipinski definition) is 20. The van der Waals surface area contributed by atoms with Gasteiger partial charge < -0.3 is 150 Å². The van der Waals surface area contributed by atoms with Crippen LogP contribution < -0.4 is 16.0 Å². The lowest BCUT2D eigenvalue weighted by atomic mass is 9.88. The molecule has 568 valence electrons. The summed E-state index contributed by atoms with van der Waals surface area (Å²) in [4.78, 5) is 52.6. The first kappa shape index (κ1) is 85.0. The third-order valence-electron chi connectivity index (χ3n) is 18.1. The number of carboxylic acid groups (broad SMARTS) is 1. The van der Waals surface area contributed by atoms with Crippen molar-refractivity contribution in [2.75, 3.05) is 39.6 Å². The third kappa shape index (κ3) is 23.9. The average Bonchev–Trinajstić information content (AvgIpc) is 0.763. The van der Waals surface area contributed by atoms with Crippen LogP contribution in [0.2, 0.25) is 0 Å². The van der Waals surface area contributed by atoms with Crippen molar-refractivity contribution < 1.29 is 153 Å². The number of unbranched alkanes of at least 4 members (excludes halogenated alkanes) is 14. The number of carbonyl (C=O) groups is 4. The maximum atomic E-state index is 13.7. The Morgan fingerprint density at radius 2 is 1.03 bits per heavy atom. The van der Waals surface area contributed by atoms with Gasteiger partial charge in [0.2, 0.25) is 17.7 Å². The van der Waals surface area contributed by atoms with Gasteiger partial charge in [0.1, 0.15) is 116 Å². The molecule has 0 radical (unpaired) electrons. The van der Waals surface area contributed by atoms with E-state index in [0.29, 0.717) is 12.8 Å². The number of carbonyl (C=O) groups excluding carboxylic acids is 3. The van der Waals surface area contributed by atoms with Gasteiger partial charge in [-0.1, -0.05) is 128 Å². The van der Waals surface area contributed by atoms with Gasteiger partial charge in [-0.15, -0.1) is 0 Å². The molecule has 0 aliphatic carbocycles. The molecule has 34 nitrogen and oxygen atoms in total. The molecule has 5 aliphatic heterocycles. The third-order valence-corrected chi connectivity index (χ3v) is 18.1. The molecule has 5 rings (SSSR count). The monoisotopic (exact) mass is 1420 g/mol. The second-order valence-electron chi connectivity index (χ2n) is 25.7. The molecule has 28 atom stereocenters. The predicted octanol–water partition coefficient (Wildman–Crippen LogP) is -4.78. The first-order valence-electron chi connectivity index (χ1n) is 34.3. The maximum Gasteiger partial charge on any atom is 0.364 e. The highest BCUT2D eigenvalue weighted by atomic mass is 16.8. The van der Waals surface area contributed by atoms with E-state index in [9.17, 15) is 106 Å². The minimum Gasteiger partial charge on any atom is -0.477 e. The van der Waals surface area contributed by atoms with E-state index in [2.05, 4.69) is 22.9 Å². The highest BCUT2D eigenvalue weighted by molar-refractivity contribution is 5.77. The minimum absolute atomic E-state index is 0.118. The molecule has 20 N–H and O–H groups in total. The summed E-state index contributed by atoms with van der Waals surface area (Å²) in [6, 6.07) is -4.84. The molecular weight excluding hydrogens is 1310 g/mol. The van der Waals surface area contributed by atoms with Crippen molar-refractivity contribution in [3.8, 4) is 0 Å². The van der Waals surface area contributed by atoms with Gasteiger partial charge in [-0.2, -0.15) is 0 Å². The summed E-state index contributed by atoms with van der Waals surface area (Å²) in [5.74, 6) is -7.75. The smallest absolute Gasteiger partial charge is 0.364 e. The largest absolute Gasteiger partial charge is 0.477 e. The molecule has 5 saturated heterocycles. The Kier molecular flexibility index (Phi) is 37.1. The van der Waals surface area contributed by atoms with E-state index in [-0.39, 0.29) is 6.42 Å². The fraction of sp³-hybridized carbons (Fsp3) is 0.875. The number of aliphatic hydroxyl groups is 16. The fourth-order valence-electron chi connectivity index (χ4n) is 12.5. The highest BCUT2D eigenvalue weighted by Crippen LogP contribution is 2.41. The van der Waals surface area contributed by atoms with Crippen molar-refractivity contribution in [2.45, 2.75) is 314 Å². The van der Waals surface area contributed by atoms with Gasteiger partial charge in [0.25, 0.3) is 5.79 Å². The average molecular weight is 1420 g/mol. The van der Waals surface area contributed by atoms with Crippen LogP contribution in [0.3, 0.4) is 0 Å². The van der Waals surface area contributed by atoms with Gasteiger partial charge in [-0.25, -0.2) is 4.79 Å². The van der Waals surface area contributed by atoms with E-state index in [1.807, 2.05) is 13.0 Å². The highest BCUT2D eigenvalue weighted by Gasteiger charge is 2.62. The normalized spacial score (nSPS) is 36.8. The van der Waals surface area contributed by atoms with E-state index >= 15 is 0 Å². The van der Waals surface area contributed by atoms with Crippen molar-refractivity contribution in [1.29, 1.82) is 0 Å². The van der Waals surface area contributed by atoms with Crippen LogP contribution >= 0.6 is 0 Å². The van der Waals surface area contributed by atoms with E-state index in [1.165, 1.54) is 63.9 Å². The predicted molar refractivity (Wildman–Crippen MR) is 337 cm³/mol. The Balaban J connectivity index is 1.41. The number of hydrogen-bond acceptors (Lipinski definition) is 30. The molecule has 0 saturated carbocycles. The molecule has 3 amide bonds. The van der Waals surface area contributed by atoms with Crippen LogP contribution in [0.4, 0.5) is 0 Å². The number of rotatable bonds is 42. The number of ether oxygens (including phenoxy) is 10. The number of aliphatic hydroxyl groups excluding tert-OH is 16. The van der Waals surface area contributed by atoms with E-state index < -0.39 is 241 Å². The van der Waals surface area contributed by atoms with Crippen LogP contribution in [0.5, 0.6) is 0 Å². The second-order valence-corrected chi connectivity index (χ2v) is 25.7. The number of amides is 3. The summed E-state index contributed by atoms with van der Waals surface area (Å²) in [5.41, 5.74) is 0. The van der Waals surface area contributed by atoms with Gasteiger partial charge in [0.05, 0.1) is 63.9 Å². The van der Waals surface area contributed by atoms with Crippen LogP contribution in [-0.2, 0) is 66.5 Å². The zero-order valence-corrected chi connectivity index (χ0v) is 56.2. The molecule has 0 aromatic carbocycles. The topological polar surface area (TPSA) is 541 Å². The zero-order valence-electron chi connectivity index (χ0n) is 56.2. The van der Waals surface area contributed by atoms with Gasteiger partial charge in [0.15, 0.2) is 25.2 Å². The SMILES string of the molecule is CC/C=C/C=C\[C@@H](O)[C@H](CO[C@@H]1O[C@H](CO)[C@@H](O[C@@H]2O[C@H](CO)[C@H](O[C@@H]3O[C@H](CO)[C@H](O)[C@H](O[C@@H]4O[C@H](CO)[C@H](O)[C@H](O)[C@H]4O)[C@H]3NC(C)=O)[C@H](OC3(C(=O)O)C[C@H](O)[C@@H](NC(C)=O)[C@H](C(O)[C@H](O)CO)O3)[C@H]2O)[C@H](O)[C@H]1O)NC(=O)CCCCCCCCCCCCCCCCC. The van der Waals surface area contributed by atoms with Gasteiger partial charge in [-0.3, -0.25) is 14.4 Å². The summed E-state index contributed by atoms with van der Waals surface area (Å²) >= 11 is 0. The minimum atomic E-state index is -3.38. The zero-order chi connectivity index (χ0) is 72.4. The van der Waals surface area contributed by atoms with E-state index in [1.54, 1.807) is 12.2 Å². The Morgan fingerprint density at radius 3 is 1.58 bits per heavy atom. The second kappa shape index (κ2) is 42.8. The van der Waals surface area contributed by atoms with Crippen molar-refractivity contribution in [2.24, 2.45) is 0 Å². The van der Waals surface area contributed by atoms with E-state index in [4.69, 9.17) is 47.4 Å². The van der Waals surface area contributed by atoms with Crippen LogP contribution in [-0.4, -0.2) is 321 Å². The first-order chi connectivity index (χ1) is 46.8. The number of aliphatic carboxylic acids is 1. The molecule has 5 aliphatic rings. The molecule has 5 heterocycles. The van der Waals surface area contributed by atoms with Gasteiger partial charge in [0, 0.05) is 26.7 Å². The van der Waals surface area contributed by atoms with Crippen molar-refractivity contribution in [3.63, 3.8) is 0 Å². The molecule has 5 fully saturated rings. The number of nitrogens with one attached hydrogen (secondary N) is 3. The van der Waals surface area contributed by atoms with Crippen molar-refractivity contribution in [3.05, 3.63) is 24.3 Å². The maximum absolute atomic E-state index is 13.7. The lowest BCUT2D eigenvalue weighted by Gasteiger charge is -2.52. The molecule has 0 spiro atoms.